The van der Waals surface area contributed by atoms with Crippen molar-refractivity contribution < 1.29 is 4.79 Å². The summed E-state index contributed by atoms with van der Waals surface area (Å²) in [7, 11) is 2.05. The van der Waals surface area contributed by atoms with Gasteiger partial charge in [-0.2, -0.15) is 0 Å². The lowest BCUT2D eigenvalue weighted by Gasteiger charge is -2.35. The number of amides is 2. The Balaban J connectivity index is 1.85. The molecule has 0 saturated carbocycles. The largest absolute Gasteiger partial charge is 0.371 e. The molecule has 0 bridgehead atoms. The van der Waals surface area contributed by atoms with E-state index in [0.29, 0.717) is 6.54 Å². The van der Waals surface area contributed by atoms with Crippen molar-refractivity contribution in [2.45, 2.75) is 13.8 Å². The first-order valence-electron chi connectivity index (χ1n) is 7.51. The van der Waals surface area contributed by atoms with Crippen LogP contribution in [0.3, 0.4) is 0 Å². The Kier molecular flexibility index (Phi) is 3.75. The highest BCUT2D eigenvalue weighted by molar-refractivity contribution is 6.04. The van der Waals surface area contributed by atoms with E-state index in [4.69, 9.17) is 0 Å². The van der Waals surface area contributed by atoms with Gasteiger partial charge in [-0.05, 0) is 49.2 Å². The van der Waals surface area contributed by atoms with Gasteiger partial charge < -0.3 is 10.2 Å². The number of urea groups is 1. The molecule has 1 N–H and O–H groups in total. The van der Waals surface area contributed by atoms with Crippen LogP contribution >= 0.6 is 0 Å². The zero-order valence-corrected chi connectivity index (χ0v) is 13.3. The zero-order chi connectivity index (χ0) is 15.7. The standard InChI is InChI=1S/C18H21N3O/c1-13-10-14(2)12-15(11-13)19-18(22)21-9-8-20(3)16-6-4-5-7-17(16)21/h4-7,10-12H,8-9H2,1-3H3,(H,19,22). The third kappa shape index (κ3) is 2.77. The van der Waals surface area contributed by atoms with E-state index in [1.165, 1.54) is 0 Å². The molecule has 0 atom stereocenters. The van der Waals surface area contributed by atoms with Crippen LogP contribution in [0.1, 0.15) is 11.1 Å². The van der Waals surface area contributed by atoms with Crippen molar-refractivity contribution in [3.05, 3.63) is 53.6 Å². The number of fused-ring (bicyclic) bond motifs is 1. The summed E-state index contributed by atoms with van der Waals surface area (Å²) in [6.07, 6.45) is 0. The van der Waals surface area contributed by atoms with Crippen molar-refractivity contribution in [3.8, 4) is 0 Å². The number of carbonyl (C=O) groups is 1. The van der Waals surface area contributed by atoms with Crippen molar-refractivity contribution >= 4 is 23.1 Å². The Bertz CT molecular complexity index is 691. The second-order valence-corrected chi connectivity index (χ2v) is 5.87. The normalized spacial score (nSPS) is 13.8. The number of para-hydroxylation sites is 2. The van der Waals surface area contributed by atoms with Crippen LogP contribution in [0, 0.1) is 13.8 Å². The second kappa shape index (κ2) is 5.72. The minimum atomic E-state index is -0.0782. The Morgan fingerprint density at radius 3 is 2.32 bits per heavy atom. The van der Waals surface area contributed by atoms with E-state index < -0.39 is 0 Å². The maximum absolute atomic E-state index is 12.7. The van der Waals surface area contributed by atoms with E-state index in [2.05, 4.69) is 23.3 Å². The van der Waals surface area contributed by atoms with Crippen LogP contribution in [-0.2, 0) is 0 Å². The van der Waals surface area contributed by atoms with Gasteiger partial charge in [-0.3, -0.25) is 4.90 Å². The van der Waals surface area contributed by atoms with Crippen LogP contribution in [0.5, 0.6) is 0 Å². The van der Waals surface area contributed by atoms with Crippen molar-refractivity contribution in [1.29, 1.82) is 0 Å². The molecule has 0 radical (unpaired) electrons. The van der Waals surface area contributed by atoms with Gasteiger partial charge in [-0.25, -0.2) is 4.79 Å². The molecule has 0 fully saturated rings. The lowest BCUT2D eigenvalue weighted by atomic mass is 10.1. The van der Waals surface area contributed by atoms with Gasteiger partial charge in [-0.15, -0.1) is 0 Å². The average molecular weight is 295 g/mol. The number of anilines is 3. The van der Waals surface area contributed by atoms with Gasteiger partial charge in [-0.1, -0.05) is 18.2 Å². The number of hydrogen-bond acceptors (Lipinski definition) is 2. The summed E-state index contributed by atoms with van der Waals surface area (Å²) in [4.78, 5) is 16.6. The quantitative estimate of drug-likeness (QED) is 0.868. The van der Waals surface area contributed by atoms with E-state index in [0.717, 1.165) is 34.7 Å². The van der Waals surface area contributed by atoms with Gasteiger partial charge in [0.25, 0.3) is 0 Å². The Morgan fingerprint density at radius 1 is 1.00 bits per heavy atom. The highest BCUT2D eigenvalue weighted by Crippen LogP contribution is 2.32. The Morgan fingerprint density at radius 2 is 1.64 bits per heavy atom. The predicted octanol–water partition coefficient (Wildman–Crippen LogP) is 3.79. The van der Waals surface area contributed by atoms with Gasteiger partial charge in [0.15, 0.2) is 0 Å². The average Bonchev–Trinajstić information content (AvgIpc) is 2.46. The Hall–Kier alpha value is -2.49. The summed E-state index contributed by atoms with van der Waals surface area (Å²) in [5, 5.41) is 3.02. The van der Waals surface area contributed by atoms with Crippen LogP contribution in [0.15, 0.2) is 42.5 Å². The van der Waals surface area contributed by atoms with Crippen molar-refractivity contribution in [3.63, 3.8) is 0 Å². The van der Waals surface area contributed by atoms with Crippen LogP contribution in [0.25, 0.3) is 0 Å². The molecule has 1 heterocycles. The number of nitrogens with zero attached hydrogens (tertiary/aromatic N) is 2. The molecular formula is C18H21N3O. The number of nitrogens with one attached hydrogen (secondary N) is 1. The monoisotopic (exact) mass is 295 g/mol. The van der Waals surface area contributed by atoms with Gasteiger partial charge in [0.05, 0.1) is 11.4 Å². The van der Waals surface area contributed by atoms with Crippen LogP contribution in [-0.4, -0.2) is 26.2 Å². The molecule has 4 heteroatoms. The predicted molar refractivity (Wildman–Crippen MR) is 92.0 cm³/mol. The van der Waals surface area contributed by atoms with E-state index >= 15 is 0 Å². The summed E-state index contributed by atoms with van der Waals surface area (Å²) in [6.45, 7) is 5.59. The van der Waals surface area contributed by atoms with E-state index in [9.17, 15) is 4.79 Å². The molecule has 3 rings (SSSR count). The highest BCUT2D eigenvalue weighted by atomic mass is 16.2. The van der Waals surface area contributed by atoms with Crippen molar-refractivity contribution in [1.82, 2.24) is 0 Å². The summed E-state index contributed by atoms with van der Waals surface area (Å²) in [6, 6.07) is 14.0. The minimum Gasteiger partial charge on any atom is -0.371 e. The third-order valence-corrected chi connectivity index (χ3v) is 3.96. The second-order valence-electron chi connectivity index (χ2n) is 5.87. The molecule has 2 aromatic carbocycles. The van der Waals surface area contributed by atoms with Crippen molar-refractivity contribution in [2.75, 3.05) is 35.3 Å². The van der Waals surface area contributed by atoms with E-state index in [-0.39, 0.29) is 6.03 Å². The number of aryl methyl sites for hydroxylation is 2. The molecular weight excluding hydrogens is 274 g/mol. The van der Waals surface area contributed by atoms with Crippen LogP contribution in [0.4, 0.5) is 21.9 Å². The molecule has 1 aliphatic rings. The van der Waals surface area contributed by atoms with Gasteiger partial charge in [0.2, 0.25) is 0 Å². The van der Waals surface area contributed by atoms with Gasteiger partial charge in [0, 0.05) is 25.8 Å². The SMILES string of the molecule is Cc1cc(C)cc(NC(=O)N2CCN(C)c3ccccc32)c1. The molecule has 0 aromatic heterocycles. The number of rotatable bonds is 1. The molecule has 0 saturated heterocycles. The zero-order valence-electron chi connectivity index (χ0n) is 13.3. The lowest BCUT2D eigenvalue weighted by molar-refractivity contribution is 0.257. The molecule has 0 unspecified atom stereocenters. The molecule has 2 aromatic rings. The topological polar surface area (TPSA) is 35.6 Å². The number of hydrogen-bond donors (Lipinski definition) is 1. The first-order valence-corrected chi connectivity index (χ1v) is 7.51. The smallest absolute Gasteiger partial charge is 0.326 e. The van der Waals surface area contributed by atoms with Crippen molar-refractivity contribution in [2.24, 2.45) is 0 Å². The fourth-order valence-electron chi connectivity index (χ4n) is 2.95. The summed E-state index contributed by atoms with van der Waals surface area (Å²) >= 11 is 0. The summed E-state index contributed by atoms with van der Waals surface area (Å²) < 4.78 is 0. The maximum atomic E-state index is 12.7. The highest BCUT2D eigenvalue weighted by Gasteiger charge is 2.24. The Labute approximate surface area is 131 Å². The van der Waals surface area contributed by atoms with Gasteiger partial charge in [0.1, 0.15) is 0 Å². The summed E-state index contributed by atoms with van der Waals surface area (Å²) in [5.41, 5.74) is 5.18. The lowest BCUT2D eigenvalue weighted by Crippen LogP contribution is -2.44. The number of carbonyl (C=O) groups excluding carboxylic acids is 1. The first-order chi connectivity index (χ1) is 10.5. The maximum Gasteiger partial charge on any atom is 0.326 e. The molecule has 22 heavy (non-hydrogen) atoms. The fourth-order valence-corrected chi connectivity index (χ4v) is 2.95. The molecule has 4 nitrogen and oxygen atoms in total. The number of benzene rings is 2. The molecule has 2 amide bonds. The van der Waals surface area contributed by atoms with Crippen LogP contribution < -0.4 is 15.1 Å². The van der Waals surface area contributed by atoms with Gasteiger partial charge >= 0.3 is 6.03 Å². The van der Waals surface area contributed by atoms with E-state index in [1.807, 2.05) is 55.1 Å². The summed E-state index contributed by atoms with van der Waals surface area (Å²) in [5.74, 6) is 0. The van der Waals surface area contributed by atoms with E-state index in [1.54, 1.807) is 0 Å². The third-order valence-electron chi connectivity index (χ3n) is 3.96. The number of likely N-dealkylation sites (N-methyl/N-ethyl adjacent to an activating group) is 1. The van der Waals surface area contributed by atoms with Crippen LogP contribution in [0.2, 0.25) is 0 Å². The molecule has 1 aliphatic heterocycles. The minimum absolute atomic E-state index is 0.0782. The first kappa shape index (κ1) is 14.4. The molecule has 0 aliphatic carbocycles. The molecule has 114 valence electrons. The molecule has 0 spiro atoms. The fraction of sp³-hybridized carbons (Fsp3) is 0.278.